The van der Waals surface area contributed by atoms with E-state index in [1.165, 1.54) is 12.5 Å². The number of halogens is 2. The minimum Gasteiger partial charge on any atom is -0.328 e. The van der Waals surface area contributed by atoms with Crippen LogP contribution in [0, 0.1) is 5.82 Å². The summed E-state index contributed by atoms with van der Waals surface area (Å²) in [4.78, 5) is 4.94. The second kappa shape index (κ2) is 6.61. The van der Waals surface area contributed by atoms with Gasteiger partial charge in [-0.25, -0.2) is 4.39 Å². The first kappa shape index (κ1) is 15.2. The molecule has 0 radical (unpaired) electrons. The normalized spacial score (nSPS) is 25.6. The van der Waals surface area contributed by atoms with Gasteiger partial charge in [-0.05, 0) is 56.1 Å². The summed E-state index contributed by atoms with van der Waals surface area (Å²) in [5, 5.41) is 0.656. The summed E-state index contributed by atoms with van der Waals surface area (Å²) >= 11 is 6.16. The molecular formula is C16H23ClFN3. The molecule has 116 valence electrons. The van der Waals surface area contributed by atoms with E-state index in [0.717, 1.165) is 51.1 Å². The number of hydrogen-bond donors (Lipinski definition) is 1. The average Bonchev–Trinajstić information content (AvgIpc) is 2.92. The van der Waals surface area contributed by atoms with Crippen molar-refractivity contribution in [1.82, 2.24) is 9.80 Å². The van der Waals surface area contributed by atoms with E-state index in [2.05, 4.69) is 9.80 Å². The highest BCUT2D eigenvalue weighted by Crippen LogP contribution is 2.24. The quantitative estimate of drug-likeness (QED) is 0.931. The maximum absolute atomic E-state index is 13.3. The molecule has 2 N–H and O–H groups in total. The lowest BCUT2D eigenvalue weighted by Gasteiger charge is -2.34. The van der Waals surface area contributed by atoms with E-state index in [0.29, 0.717) is 17.1 Å². The minimum absolute atomic E-state index is 0.213. The van der Waals surface area contributed by atoms with E-state index in [1.807, 2.05) is 0 Å². The van der Waals surface area contributed by atoms with E-state index >= 15 is 0 Å². The van der Waals surface area contributed by atoms with Crippen LogP contribution < -0.4 is 5.73 Å². The van der Waals surface area contributed by atoms with E-state index in [1.54, 1.807) is 12.1 Å². The number of piperidine rings is 1. The van der Waals surface area contributed by atoms with E-state index in [-0.39, 0.29) is 5.82 Å². The molecule has 0 aliphatic carbocycles. The average molecular weight is 312 g/mol. The molecule has 5 heteroatoms. The predicted molar refractivity (Wildman–Crippen MR) is 83.9 cm³/mol. The topological polar surface area (TPSA) is 32.5 Å². The number of rotatable bonds is 3. The van der Waals surface area contributed by atoms with E-state index in [9.17, 15) is 4.39 Å². The maximum Gasteiger partial charge on any atom is 0.123 e. The van der Waals surface area contributed by atoms with Gasteiger partial charge in [0.1, 0.15) is 5.82 Å². The molecule has 1 aromatic rings. The van der Waals surface area contributed by atoms with Gasteiger partial charge in [0.2, 0.25) is 0 Å². The van der Waals surface area contributed by atoms with Crippen LogP contribution in [0.15, 0.2) is 18.2 Å². The first-order valence-corrected chi connectivity index (χ1v) is 8.15. The Labute approximate surface area is 130 Å². The van der Waals surface area contributed by atoms with Crippen LogP contribution in [0.5, 0.6) is 0 Å². The molecule has 2 aliphatic heterocycles. The number of benzene rings is 1. The van der Waals surface area contributed by atoms with Gasteiger partial charge in [0.15, 0.2) is 0 Å². The van der Waals surface area contributed by atoms with Crippen molar-refractivity contribution in [3.63, 3.8) is 0 Å². The number of nitrogens with two attached hydrogens (primary N) is 1. The molecule has 2 fully saturated rings. The van der Waals surface area contributed by atoms with Crippen LogP contribution >= 0.6 is 11.6 Å². The largest absolute Gasteiger partial charge is 0.328 e. The molecule has 0 bridgehead atoms. The van der Waals surface area contributed by atoms with Gasteiger partial charge in [0, 0.05) is 36.7 Å². The smallest absolute Gasteiger partial charge is 0.123 e. The predicted octanol–water partition coefficient (Wildman–Crippen LogP) is 2.48. The molecule has 2 aliphatic rings. The molecule has 2 saturated heterocycles. The van der Waals surface area contributed by atoms with Gasteiger partial charge in [-0.3, -0.25) is 9.80 Å². The SMILES string of the molecule is NC1CCN(C2CCN(Cc3cc(F)ccc3Cl)C2)CC1. The van der Waals surface area contributed by atoms with Crippen LogP contribution in [0.25, 0.3) is 0 Å². The lowest BCUT2D eigenvalue weighted by molar-refractivity contribution is 0.151. The van der Waals surface area contributed by atoms with Gasteiger partial charge in [0.25, 0.3) is 0 Å². The van der Waals surface area contributed by atoms with Gasteiger partial charge >= 0.3 is 0 Å². The summed E-state index contributed by atoms with van der Waals surface area (Å²) in [6, 6.07) is 5.60. The molecule has 0 aromatic heterocycles. The summed E-state index contributed by atoms with van der Waals surface area (Å²) in [5.41, 5.74) is 6.86. The van der Waals surface area contributed by atoms with Crippen LogP contribution in [0.1, 0.15) is 24.8 Å². The second-order valence-corrected chi connectivity index (χ2v) is 6.69. The number of nitrogens with zero attached hydrogens (tertiary/aromatic N) is 2. The van der Waals surface area contributed by atoms with Crippen molar-refractivity contribution in [1.29, 1.82) is 0 Å². The van der Waals surface area contributed by atoms with E-state index < -0.39 is 0 Å². The van der Waals surface area contributed by atoms with Crippen molar-refractivity contribution >= 4 is 11.6 Å². The summed E-state index contributed by atoms with van der Waals surface area (Å²) in [6.45, 7) is 5.06. The van der Waals surface area contributed by atoms with Crippen molar-refractivity contribution in [2.24, 2.45) is 5.73 Å². The monoisotopic (exact) mass is 311 g/mol. The van der Waals surface area contributed by atoms with Gasteiger partial charge in [0.05, 0.1) is 0 Å². The van der Waals surface area contributed by atoms with Crippen molar-refractivity contribution in [2.75, 3.05) is 26.2 Å². The van der Waals surface area contributed by atoms with Crippen LogP contribution in [0.2, 0.25) is 5.02 Å². The zero-order valence-electron chi connectivity index (χ0n) is 12.3. The first-order chi connectivity index (χ1) is 10.1. The van der Waals surface area contributed by atoms with Crippen molar-refractivity contribution < 1.29 is 4.39 Å². The molecule has 3 nitrogen and oxygen atoms in total. The van der Waals surface area contributed by atoms with Crippen LogP contribution in [0.4, 0.5) is 4.39 Å². The Morgan fingerprint density at radius 3 is 2.71 bits per heavy atom. The molecule has 2 heterocycles. The fraction of sp³-hybridized carbons (Fsp3) is 0.625. The first-order valence-electron chi connectivity index (χ1n) is 7.78. The summed E-state index contributed by atoms with van der Waals surface area (Å²) in [6.07, 6.45) is 3.39. The lowest BCUT2D eigenvalue weighted by atomic mass is 10.0. The maximum atomic E-state index is 13.3. The molecule has 0 spiro atoms. The van der Waals surface area contributed by atoms with Crippen LogP contribution in [-0.4, -0.2) is 48.1 Å². The lowest BCUT2D eigenvalue weighted by Crippen LogP contribution is -2.46. The zero-order valence-corrected chi connectivity index (χ0v) is 13.0. The minimum atomic E-state index is -0.213. The molecule has 21 heavy (non-hydrogen) atoms. The second-order valence-electron chi connectivity index (χ2n) is 6.29. The van der Waals surface area contributed by atoms with Gasteiger partial charge in [-0.15, -0.1) is 0 Å². The zero-order chi connectivity index (χ0) is 14.8. The van der Waals surface area contributed by atoms with Gasteiger partial charge in [-0.1, -0.05) is 11.6 Å². The van der Waals surface area contributed by atoms with Crippen LogP contribution in [-0.2, 0) is 6.54 Å². The number of hydrogen-bond acceptors (Lipinski definition) is 3. The van der Waals surface area contributed by atoms with Gasteiger partial charge in [-0.2, -0.15) is 0 Å². The Kier molecular flexibility index (Phi) is 4.79. The van der Waals surface area contributed by atoms with Gasteiger partial charge < -0.3 is 5.73 Å². The fourth-order valence-corrected chi connectivity index (χ4v) is 3.62. The third-order valence-electron chi connectivity index (χ3n) is 4.74. The van der Waals surface area contributed by atoms with Crippen molar-refractivity contribution in [2.45, 2.75) is 37.9 Å². The standard InChI is InChI=1S/C16H23ClFN3/c17-16-2-1-13(18)9-12(16)10-20-6-5-15(11-20)21-7-3-14(19)4-8-21/h1-2,9,14-15H,3-8,10-11,19H2. The molecule has 0 saturated carbocycles. The van der Waals surface area contributed by atoms with E-state index in [4.69, 9.17) is 17.3 Å². The molecule has 1 aromatic carbocycles. The summed E-state index contributed by atoms with van der Waals surface area (Å²) in [5.74, 6) is -0.213. The molecule has 3 rings (SSSR count). The third-order valence-corrected chi connectivity index (χ3v) is 5.11. The molecular weight excluding hydrogens is 289 g/mol. The highest BCUT2D eigenvalue weighted by Gasteiger charge is 2.29. The fourth-order valence-electron chi connectivity index (χ4n) is 3.44. The Morgan fingerprint density at radius 1 is 1.19 bits per heavy atom. The Bertz CT molecular complexity index is 488. The van der Waals surface area contributed by atoms with Crippen molar-refractivity contribution in [3.8, 4) is 0 Å². The Balaban J connectivity index is 1.56. The summed E-state index contributed by atoms with van der Waals surface area (Å²) < 4.78 is 13.3. The molecule has 1 unspecified atom stereocenters. The Morgan fingerprint density at radius 2 is 1.95 bits per heavy atom. The number of likely N-dealkylation sites (tertiary alicyclic amines) is 2. The molecule has 1 atom stereocenters. The Hall–Kier alpha value is -0.680. The highest BCUT2D eigenvalue weighted by molar-refractivity contribution is 6.31. The third kappa shape index (κ3) is 3.75. The van der Waals surface area contributed by atoms with Crippen LogP contribution in [0.3, 0.4) is 0 Å². The summed E-state index contributed by atoms with van der Waals surface area (Å²) in [7, 11) is 0. The highest BCUT2D eigenvalue weighted by atomic mass is 35.5. The van der Waals surface area contributed by atoms with Crippen molar-refractivity contribution in [3.05, 3.63) is 34.6 Å². The molecule has 0 amide bonds.